The van der Waals surface area contributed by atoms with E-state index in [0.29, 0.717) is 0 Å². The molecule has 0 saturated carbocycles. The van der Waals surface area contributed by atoms with Crippen molar-refractivity contribution in [3.8, 4) is 0 Å². The van der Waals surface area contributed by atoms with Gasteiger partial charge in [-0.3, -0.25) is 0 Å². The van der Waals surface area contributed by atoms with E-state index in [1.54, 1.807) is 0 Å². The first-order chi connectivity index (χ1) is 23.5. The van der Waals surface area contributed by atoms with Crippen LogP contribution in [0, 0.1) is 0 Å². The van der Waals surface area contributed by atoms with Crippen LogP contribution in [0.4, 0.5) is 34.1 Å². The summed E-state index contributed by atoms with van der Waals surface area (Å²) in [6.45, 7) is 13.6. The van der Waals surface area contributed by atoms with Gasteiger partial charge in [-0.2, -0.15) is 0 Å². The zero-order chi connectivity index (χ0) is 34.3. The third-order valence-electron chi connectivity index (χ3n) is 9.41. The predicted octanol–water partition coefficient (Wildman–Crippen LogP) is 14.3. The molecule has 0 radical (unpaired) electrons. The largest absolute Gasteiger partial charge is 0.309 e. The van der Waals surface area contributed by atoms with Crippen LogP contribution < -0.4 is 9.80 Å². The number of anilines is 6. The second kappa shape index (κ2) is 12.9. The van der Waals surface area contributed by atoms with Crippen LogP contribution in [0.3, 0.4) is 0 Å². The lowest BCUT2D eigenvalue weighted by Gasteiger charge is -2.32. The van der Waals surface area contributed by atoms with Crippen molar-refractivity contribution < 1.29 is 0 Å². The minimum Gasteiger partial charge on any atom is -0.309 e. The molecular formula is C46H43BrN2. The summed E-state index contributed by atoms with van der Waals surface area (Å²) in [6, 6.07) is 55.3. The first kappa shape index (κ1) is 32.7. The molecule has 0 N–H and O–H groups in total. The average molecular weight is 704 g/mol. The molecule has 0 aromatic heterocycles. The van der Waals surface area contributed by atoms with Crippen molar-refractivity contribution >= 4 is 71.6 Å². The van der Waals surface area contributed by atoms with Gasteiger partial charge in [0.05, 0.1) is 15.8 Å². The molecule has 7 rings (SSSR count). The third kappa shape index (κ3) is 6.60. The van der Waals surface area contributed by atoms with Gasteiger partial charge in [0, 0.05) is 22.7 Å². The molecule has 0 atom stereocenters. The summed E-state index contributed by atoms with van der Waals surface area (Å²) in [7, 11) is 0. The van der Waals surface area contributed by atoms with Crippen molar-refractivity contribution in [2.75, 3.05) is 9.80 Å². The maximum absolute atomic E-state index is 4.18. The standard InChI is InChI=1S/C46H43BrN2/c1-45(2,3)36-20-26-38(27-21-36)48(40-24-18-32-12-7-9-14-34(32)30-40)42-16-11-17-43(44(42)47)49(39-28-22-37(23-29-39)46(4,5)6)41-25-19-33-13-8-10-15-35(33)31-41/h7-31H,1-6H3. The van der Waals surface area contributed by atoms with Crippen LogP contribution in [0.1, 0.15) is 52.7 Å². The minimum absolute atomic E-state index is 0.0652. The van der Waals surface area contributed by atoms with Gasteiger partial charge in [-0.25, -0.2) is 0 Å². The van der Waals surface area contributed by atoms with Gasteiger partial charge in [0.15, 0.2) is 0 Å². The highest BCUT2D eigenvalue weighted by Gasteiger charge is 2.24. The Hall–Kier alpha value is -4.86. The van der Waals surface area contributed by atoms with E-state index in [0.717, 1.165) is 38.6 Å². The molecule has 0 saturated heterocycles. The van der Waals surface area contributed by atoms with E-state index >= 15 is 0 Å². The van der Waals surface area contributed by atoms with E-state index in [2.05, 4.69) is 219 Å². The average Bonchev–Trinajstić information content (AvgIpc) is 3.09. The van der Waals surface area contributed by atoms with Gasteiger partial charge < -0.3 is 9.80 Å². The zero-order valence-corrected chi connectivity index (χ0v) is 30.8. The molecule has 7 aromatic carbocycles. The highest BCUT2D eigenvalue weighted by molar-refractivity contribution is 9.10. The van der Waals surface area contributed by atoms with Crippen LogP contribution in [0.2, 0.25) is 0 Å². The number of rotatable bonds is 6. The van der Waals surface area contributed by atoms with E-state index < -0.39 is 0 Å². The van der Waals surface area contributed by atoms with E-state index in [1.807, 2.05) is 0 Å². The summed E-state index contributed by atoms with van der Waals surface area (Å²) in [6.07, 6.45) is 0. The maximum Gasteiger partial charge on any atom is 0.0656 e. The SMILES string of the molecule is CC(C)(C)c1ccc(N(c2ccc3ccccc3c2)c2cccc(N(c3ccc(C(C)(C)C)cc3)c3ccc4ccccc4c3)c2Br)cc1. The topological polar surface area (TPSA) is 6.48 Å². The smallest absolute Gasteiger partial charge is 0.0656 e. The number of hydrogen-bond acceptors (Lipinski definition) is 2. The predicted molar refractivity (Wildman–Crippen MR) is 216 cm³/mol. The van der Waals surface area contributed by atoms with Crippen LogP contribution in [0.25, 0.3) is 21.5 Å². The Balaban J connectivity index is 1.43. The second-order valence-electron chi connectivity index (χ2n) is 14.9. The molecule has 244 valence electrons. The Kier molecular flexibility index (Phi) is 8.58. The first-order valence-electron chi connectivity index (χ1n) is 17.0. The van der Waals surface area contributed by atoms with Crippen molar-refractivity contribution in [3.05, 3.63) is 167 Å². The Labute approximate surface area is 299 Å². The van der Waals surface area contributed by atoms with Crippen molar-refractivity contribution in [2.24, 2.45) is 0 Å². The molecule has 7 aromatic rings. The summed E-state index contributed by atoms with van der Waals surface area (Å²) in [5, 5.41) is 4.87. The van der Waals surface area contributed by atoms with Crippen LogP contribution in [0.5, 0.6) is 0 Å². The number of nitrogens with zero attached hydrogens (tertiary/aromatic N) is 2. The van der Waals surface area contributed by atoms with Crippen molar-refractivity contribution in [3.63, 3.8) is 0 Å². The van der Waals surface area contributed by atoms with Gasteiger partial charge in [0.1, 0.15) is 0 Å². The van der Waals surface area contributed by atoms with Crippen LogP contribution in [0.15, 0.2) is 156 Å². The van der Waals surface area contributed by atoms with E-state index in [1.165, 1.54) is 32.7 Å². The van der Waals surface area contributed by atoms with E-state index in [4.69, 9.17) is 0 Å². The van der Waals surface area contributed by atoms with Gasteiger partial charge in [-0.15, -0.1) is 0 Å². The van der Waals surface area contributed by atoms with E-state index in [-0.39, 0.29) is 10.8 Å². The normalized spacial score (nSPS) is 12.0. The molecule has 0 fully saturated rings. The maximum atomic E-state index is 4.18. The lowest BCUT2D eigenvalue weighted by atomic mass is 9.87. The van der Waals surface area contributed by atoms with Crippen LogP contribution in [-0.2, 0) is 10.8 Å². The molecule has 3 heteroatoms. The molecule has 0 aliphatic heterocycles. The van der Waals surface area contributed by atoms with Gasteiger partial charge >= 0.3 is 0 Å². The minimum atomic E-state index is 0.0652. The fourth-order valence-electron chi connectivity index (χ4n) is 6.56. The highest BCUT2D eigenvalue weighted by atomic mass is 79.9. The van der Waals surface area contributed by atoms with Crippen molar-refractivity contribution in [1.82, 2.24) is 0 Å². The molecule has 49 heavy (non-hydrogen) atoms. The molecule has 0 heterocycles. The Morgan fingerprint density at radius 3 is 1.08 bits per heavy atom. The van der Waals surface area contributed by atoms with Crippen LogP contribution >= 0.6 is 15.9 Å². The molecule has 0 unspecified atom stereocenters. The monoisotopic (exact) mass is 702 g/mol. The van der Waals surface area contributed by atoms with Crippen LogP contribution in [-0.4, -0.2) is 0 Å². The third-order valence-corrected chi connectivity index (χ3v) is 10.2. The highest BCUT2D eigenvalue weighted by Crippen LogP contribution is 2.47. The van der Waals surface area contributed by atoms with Crippen molar-refractivity contribution in [2.45, 2.75) is 52.4 Å². The van der Waals surface area contributed by atoms with Gasteiger partial charge in [-0.1, -0.05) is 133 Å². The second-order valence-corrected chi connectivity index (χ2v) is 15.7. The van der Waals surface area contributed by atoms with Gasteiger partial charge in [-0.05, 0) is 120 Å². The first-order valence-corrected chi connectivity index (χ1v) is 17.8. The summed E-state index contributed by atoms with van der Waals surface area (Å²) in [5.74, 6) is 0. The van der Waals surface area contributed by atoms with Gasteiger partial charge in [0.2, 0.25) is 0 Å². The lowest BCUT2D eigenvalue weighted by Crippen LogP contribution is -2.16. The molecule has 0 aliphatic carbocycles. The summed E-state index contributed by atoms with van der Waals surface area (Å²) in [4.78, 5) is 4.74. The molecule has 2 nitrogen and oxygen atoms in total. The van der Waals surface area contributed by atoms with Crippen molar-refractivity contribution in [1.29, 1.82) is 0 Å². The van der Waals surface area contributed by atoms with Gasteiger partial charge in [0.25, 0.3) is 0 Å². The van der Waals surface area contributed by atoms with E-state index in [9.17, 15) is 0 Å². The number of halogens is 1. The fourth-order valence-corrected chi connectivity index (χ4v) is 7.18. The Bertz CT molecular complexity index is 2100. The summed E-state index contributed by atoms with van der Waals surface area (Å²) in [5.41, 5.74) is 9.29. The molecule has 0 amide bonds. The zero-order valence-electron chi connectivity index (χ0n) is 29.2. The lowest BCUT2D eigenvalue weighted by molar-refractivity contribution is 0.590. The molecule has 0 aliphatic rings. The molecule has 0 bridgehead atoms. The quantitative estimate of drug-likeness (QED) is 0.170. The number of fused-ring (bicyclic) bond motifs is 2. The fraction of sp³-hybridized carbons (Fsp3) is 0.174. The molecule has 0 spiro atoms. The summed E-state index contributed by atoms with van der Waals surface area (Å²) < 4.78 is 1.01. The Morgan fingerprint density at radius 1 is 0.367 bits per heavy atom. The Morgan fingerprint density at radius 2 is 0.714 bits per heavy atom. The molecular weight excluding hydrogens is 660 g/mol. The summed E-state index contributed by atoms with van der Waals surface area (Å²) >= 11 is 4.18. The number of hydrogen-bond donors (Lipinski definition) is 0. The number of benzene rings is 7.